The number of aromatic carboxylic acids is 1. The Labute approximate surface area is 129 Å². The van der Waals surface area contributed by atoms with Gasteiger partial charge in [-0.15, -0.1) is 0 Å². The van der Waals surface area contributed by atoms with Gasteiger partial charge in [-0.1, -0.05) is 6.07 Å². The van der Waals surface area contributed by atoms with E-state index in [0.29, 0.717) is 5.92 Å². The second-order valence-electron chi connectivity index (χ2n) is 5.79. The number of hydrogen-bond donors (Lipinski definition) is 1. The zero-order valence-electron chi connectivity index (χ0n) is 12.6. The molecule has 0 aromatic carbocycles. The van der Waals surface area contributed by atoms with Crippen LogP contribution in [0.4, 0.5) is 0 Å². The third-order valence-electron chi connectivity index (χ3n) is 4.19. The van der Waals surface area contributed by atoms with Gasteiger partial charge in [0.15, 0.2) is 0 Å². The van der Waals surface area contributed by atoms with Crippen LogP contribution in [-0.2, 0) is 0 Å². The number of carboxylic acid groups (broad SMARTS) is 1. The molecule has 0 saturated carbocycles. The molecule has 1 saturated heterocycles. The Morgan fingerprint density at radius 2 is 2.05 bits per heavy atom. The number of pyridine rings is 2. The summed E-state index contributed by atoms with van der Waals surface area (Å²) in [6.45, 7) is 2.18. The quantitative estimate of drug-likeness (QED) is 0.943. The Morgan fingerprint density at radius 1 is 1.27 bits per heavy atom. The number of hydrogen-bond acceptors (Lipinski definition) is 4. The van der Waals surface area contributed by atoms with E-state index in [0.717, 1.165) is 42.9 Å². The van der Waals surface area contributed by atoms with Crippen LogP contribution in [0, 0.1) is 0 Å². The highest BCUT2D eigenvalue weighted by molar-refractivity contribution is 5.88. The van der Waals surface area contributed by atoms with Crippen LogP contribution in [0.15, 0.2) is 36.7 Å². The Bertz CT molecular complexity index is 679. The van der Waals surface area contributed by atoms with E-state index in [1.165, 1.54) is 6.20 Å². The third-order valence-corrected chi connectivity index (χ3v) is 4.19. The first kappa shape index (κ1) is 14.7. The van der Waals surface area contributed by atoms with Gasteiger partial charge in [-0.25, -0.2) is 4.79 Å². The van der Waals surface area contributed by atoms with Crippen molar-refractivity contribution in [3.63, 3.8) is 0 Å². The molecular formula is C17H19N3O2. The summed E-state index contributed by atoms with van der Waals surface area (Å²) in [5.41, 5.74) is 2.80. The van der Waals surface area contributed by atoms with Crippen molar-refractivity contribution < 1.29 is 9.90 Å². The number of nitrogens with zero attached hydrogens (tertiary/aromatic N) is 3. The summed E-state index contributed by atoms with van der Waals surface area (Å²) < 4.78 is 0. The molecule has 0 atom stereocenters. The standard InChI is InChI=1S/C17H19N3O2/c1-20-7-5-12(6-8-20)15-3-2-4-16(19-15)13-9-14(17(21)22)11-18-10-13/h2-4,9-12H,5-8H2,1H3,(H,21,22). The number of likely N-dealkylation sites (tertiary alicyclic amines) is 1. The van der Waals surface area contributed by atoms with Crippen LogP contribution in [0.25, 0.3) is 11.3 Å². The Hall–Kier alpha value is -2.27. The number of rotatable bonds is 3. The molecule has 3 heterocycles. The average Bonchev–Trinajstić information content (AvgIpc) is 2.56. The molecule has 1 aliphatic rings. The van der Waals surface area contributed by atoms with Crippen molar-refractivity contribution in [1.82, 2.24) is 14.9 Å². The molecule has 1 N–H and O–H groups in total. The second kappa shape index (κ2) is 6.23. The lowest BCUT2D eigenvalue weighted by Crippen LogP contribution is -2.29. The second-order valence-corrected chi connectivity index (χ2v) is 5.79. The molecule has 0 bridgehead atoms. The van der Waals surface area contributed by atoms with Gasteiger partial charge in [0.25, 0.3) is 0 Å². The first-order valence-corrected chi connectivity index (χ1v) is 7.47. The minimum atomic E-state index is -0.971. The minimum absolute atomic E-state index is 0.184. The van der Waals surface area contributed by atoms with E-state index in [1.54, 1.807) is 12.3 Å². The summed E-state index contributed by atoms with van der Waals surface area (Å²) in [4.78, 5) is 22.1. The number of aromatic nitrogens is 2. The molecule has 22 heavy (non-hydrogen) atoms. The van der Waals surface area contributed by atoms with Crippen LogP contribution in [0.3, 0.4) is 0 Å². The lowest BCUT2D eigenvalue weighted by Gasteiger charge is -2.28. The van der Waals surface area contributed by atoms with E-state index in [-0.39, 0.29) is 5.56 Å². The molecule has 2 aromatic heterocycles. The highest BCUT2D eigenvalue weighted by atomic mass is 16.4. The molecule has 0 amide bonds. The van der Waals surface area contributed by atoms with E-state index in [2.05, 4.69) is 23.0 Å². The maximum atomic E-state index is 11.1. The molecule has 2 aromatic rings. The van der Waals surface area contributed by atoms with Crippen LogP contribution < -0.4 is 0 Å². The van der Waals surface area contributed by atoms with E-state index >= 15 is 0 Å². The van der Waals surface area contributed by atoms with Crippen molar-refractivity contribution in [2.24, 2.45) is 0 Å². The van der Waals surface area contributed by atoms with Gasteiger partial charge in [0.05, 0.1) is 11.3 Å². The fourth-order valence-corrected chi connectivity index (χ4v) is 2.84. The largest absolute Gasteiger partial charge is 0.478 e. The van der Waals surface area contributed by atoms with E-state index in [1.807, 2.05) is 12.1 Å². The minimum Gasteiger partial charge on any atom is -0.478 e. The predicted molar refractivity (Wildman–Crippen MR) is 83.9 cm³/mol. The Morgan fingerprint density at radius 3 is 2.77 bits per heavy atom. The highest BCUT2D eigenvalue weighted by Gasteiger charge is 2.19. The smallest absolute Gasteiger partial charge is 0.337 e. The Balaban J connectivity index is 1.88. The van der Waals surface area contributed by atoms with Crippen LogP contribution in [0.1, 0.15) is 34.8 Å². The summed E-state index contributed by atoms with van der Waals surface area (Å²) in [7, 11) is 2.14. The normalized spacial score (nSPS) is 16.6. The van der Waals surface area contributed by atoms with Crippen molar-refractivity contribution in [2.75, 3.05) is 20.1 Å². The molecule has 5 heteroatoms. The summed E-state index contributed by atoms with van der Waals surface area (Å²) in [5.74, 6) is -0.493. The number of carbonyl (C=O) groups is 1. The molecule has 0 unspecified atom stereocenters. The van der Waals surface area contributed by atoms with Crippen molar-refractivity contribution in [2.45, 2.75) is 18.8 Å². The maximum Gasteiger partial charge on any atom is 0.337 e. The SMILES string of the molecule is CN1CCC(c2cccc(-c3cncc(C(=O)O)c3)n2)CC1. The van der Waals surface area contributed by atoms with Gasteiger partial charge in [-0.05, 0) is 51.2 Å². The topological polar surface area (TPSA) is 66.3 Å². The summed E-state index contributed by atoms with van der Waals surface area (Å²) in [6.07, 6.45) is 5.24. The van der Waals surface area contributed by atoms with E-state index < -0.39 is 5.97 Å². The van der Waals surface area contributed by atoms with Crippen molar-refractivity contribution >= 4 is 5.97 Å². The fraction of sp³-hybridized carbons (Fsp3) is 0.353. The van der Waals surface area contributed by atoms with Gasteiger partial charge in [-0.3, -0.25) is 9.97 Å². The summed E-state index contributed by atoms with van der Waals surface area (Å²) in [5, 5.41) is 9.07. The maximum absolute atomic E-state index is 11.1. The van der Waals surface area contributed by atoms with E-state index in [4.69, 9.17) is 10.1 Å². The van der Waals surface area contributed by atoms with E-state index in [9.17, 15) is 4.79 Å². The lowest BCUT2D eigenvalue weighted by atomic mass is 9.93. The van der Waals surface area contributed by atoms with Crippen LogP contribution in [-0.4, -0.2) is 46.1 Å². The van der Waals surface area contributed by atoms with Gasteiger partial charge < -0.3 is 10.0 Å². The zero-order valence-corrected chi connectivity index (χ0v) is 12.6. The monoisotopic (exact) mass is 297 g/mol. The third kappa shape index (κ3) is 3.14. The van der Waals surface area contributed by atoms with Crippen molar-refractivity contribution in [1.29, 1.82) is 0 Å². The van der Waals surface area contributed by atoms with Gasteiger partial charge in [-0.2, -0.15) is 0 Å². The molecule has 0 radical (unpaired) electrons. The number of carboxylic acids is 1. The molecule has 1 fully saturated rings. The molecular weight excluding hydrogens is 278 g/mol. The first-order chi connectivity index (χ1) is 10.6. The van der Waals surface area contributed by atoms with Crippen LogP contribution >= 0.6 is 0 Å². The highest BCUT2D eigenvalue weighted by Crippen LogP contribution is 2.28. The van der Waals surface area contributed by atoms with Crippen LogP contribution in [0.2, 0.25) is 0 Å². The molecule has 0 aliphatic carbocycles. The van der Waals surface area contributed by atoms with Gasteiger partial charge in [0.1, 0.15) is 0 Å². The predicted octanol–water partition coefficient (Wildman–Crippen LogP) is 2.65. The molecule has 114 valence electrons. The lowest BCUT2D eigenvalue weighted by molar-refractivity contribution is 0.0696. The average molecular weight is 297 g/mol. The summed E-state index contributed by atoms with van der Waals surface area (Å²) >= 11 is 0. The molecule has 1 aliphatic heterocycles. The van der Waals surface area contributed by atoms with Crippen molar-refractivity contribution in [3.8, 4) is 11.3 Å². The van der Waals surface area contributed by atoms with Crippen LogP contribution in [0.5, 0.6) is 0 Å². The Kier molecular flexibility index (Phi) is 4.15. The molecule has 5 nitrogen and oxygen atoms in total. The zero-order chi connectivity index (χ0) is 15.5. The first-order valence-electron chi connectivity index (χ1n) is 7.47. The summed E-state index contributed by atoms with van der Waals surface area (Å²) in [6, 6.07) is 7.58. The fourth-order valence-electron chi connectivity index (χ4n) is 2.84. The van der Waals surface area contributed by atoms with Gasteiger partial charge >= 0.3 is 5.97 Å². The van der Waals surface area contributed by atoms with Crippen molar-refractivity contribution in [3.05, 3.63) is 47.9 Å². The van der Waals surface area contributed by atoms with Gasteiger partial charge in [0.2, 0.25) is 0 Å². The van der Waals surface area contributed by atoms with Gasteiger partial charge in [0, 0.05) is 29.6 Å². The molecule has 3 rings (SSSR count). The number of piperidine rings is 1. The molecule has 0 spiro atoms.